The van der Waals surface area contributed by atoms with Crippen LogP contribution in [-0.4, -0.2) is 46.8 Å². The smallest absolute Gasteiger partial charge is 0.339 e. The SMILES string of the molecule is COc1cc(C=Cc2cc(OCOCC[Si](C)(C)C)cc(OC)c2CC=C(C)C)ccc1C(=O)O. The molecule has 0 amide bonds. The number of rotatable bonds is 13. The summed E-state index contributed by atoms with van der Waals surface area (Å²) >= 11 is 0. The summed E-state index contributed by atoms with van der Waals surface area (Å²) in [6, 6.07) is 9.94. The quantitative estimate of drug-likeness (QED) is 0.108. The molecule has 0 heterocycles. The maximum Gasteiger partial charge on any atom is 0.339 e. The Kier molecular flexibility index (Phi) is 10.6. The van der Waals surface area contributed by atoms with E-state index in [-0.39, 0.29) is 12.4 Å². The van der Waals surface area contributed by atoms with Crippen molar-refractivity contribution in [3.05, 3.63) is 64.2 Å². The van der Waals surface area contributed by atoms with Gasteiger partial charge >= 0.3 is 5.97 Å². The minimum atomic E-state index is -1.15. The molecule has 7 heteroatoms. The van der Waals surface area contributed by atoms with E-state index >= 15 is 0 Å². The lowest BCUT2D eigenvalue weighted by Gasteiger charge is -2.17. The molecule has 0 radical (unpaired) electrons. The highest BCUT2D eigenvalue weighted by atomic mass is 28.3. The number of hydrogen-bond donors (Lipinski definition) is 1. The average molecular weight is 499 g/mol. The molecule has 35 heavy (non-hydrogen) atoms. The van der Waals surface area contributed by atoms with E-state index in [2.05, 4.69) is 39.6 Å². The molecule has 0 bridgehead atoms. The minimum absolute atomic E-state index is 0.125. The van der Waals surface area contributed by atoms with Gasteiger partial charge in [-0.05, 0) is 55.6 Å². The largest absolute Gasteiger partial charge is 0.496 e. The average Bonchev–Trinajstić information content (AvgIpc) is 2.80. The lowest BCUT2D eigenvalue weighted by atomic mass is 10.00. The topological polar surface area (TPSA) is 74.2 Å². The van der Waals surface area contributed by atoms with Crippen LogP contribution in [0.2, 0.25) is 25.7 Å². The summed E-state index contributed by atoms with van der Waals surface area (Å²) in [6.45, 7) is 11.9. The Morgan fingerprint density at radius 2 is 1.71 bits per heavy atom. The zero-order valence-electron chi connectivity index (χ0n) is 21.9. The molecule has 190 valence electrons. The van der Waals surface area contributed by atoms with Crippen molar-refractivity contribution in [3.8, 4) is 17.2 Å². The zero-order chi connectivity index (χ0) is 26.0. The summed E-state index contributed by atoms with van der Waals surface area (Å²) < 4.78 is 22.6. The molecule has 0 spiro atoms. The van der Waals surface area contributed by atoms with E-state index in [1.54, 1.807) is 25.3 Å². The first-order valence-electron chi connectivity index (χ1n) is 11.7. The first-order valence-corrected chi connectivity index (χ1v) is 15.4. The molecule has 0 aliphatic heterocycles. The van der Waals surface area contributed by atoms with E-state index in [1.165, 1.54) is 12.7 Å². The van der Waals surface area contributed by atoms with E-state index in [9.17, 15) is 9.90 Å². The summed E-state index contributed by atoms with van der Waals surface area (Å²) in [5.41, 5.74) is 4.14. The second-order valence-corrected chi connectivity index (χ2v) is 15.4. The van der Waals surface area contributed by atoms with Crippen molar-refractivity contribution in [3.63, 3.8) is 0 Å². The Morgan fingerprint density at radius 3 is 2.31 bits per heavy atom. The van der Waals surface area contributed by atoms with Gasteiger partial charge in [0.15, 0.2) is 6.79 Å². The van der Waals surface area contributed by atoms with Crippen LogP contribution in [0, 0.1) is 0 Å². The normalized spacial score (nSPS) is 11.4. The monoisotopic (exact) mass is 498 g/mol. The standard InChI is InChI=1S/C28H38O6Si/c1-20(2)8-12-24-22(11-9-21-10-13-25(28(29)30)26(16-21)31-3)17-23(18-27(24)32-4)34-19-33-14-15-35(5,6)7/h8-11,13,16-18H,12,14-15,19H2,1-7H3,(H,29,30). The molecule has 0 saturated carbocycles. The molecule has 1 N–H and O–H groups in total. The van der Waals surface area contributed by atoms with Crippen molar-refractivity contribution < 1.29 is 28.8 Å². The number of ether oxygens (including phenoxy) is 4. The fourth-order valence-corrected chi connectivity index (χ4v) is 4.06. The van der Waals surface area contributed by atoms with Gasteiger partial charge in [0.25, 0.3) is 0 Å². The lowest BCUT2D eigenvalue weighted by molar-refractivity contribution is 0.0219. The summed E-state index contributed by atoms with van der Waals surface area (Å²) in [4.78, 5) is 11.4. The van der Waals surface area contributed by atoms with Crippen LogP contribution in [0.25, 0.3) is 12.2 Å². The van der Waals surface area contributed by atoms with Gasteiger partial charge in [0.1, 0.15) is 22.8 Å². The van der Waals surface area contributed by atoms with Crippen LogP contribution in [0.5, 0.6) is 17.2 Å². The van der Waals surface area contributed by atoms with Gasteiger partial charge in [-0.3, -0.25) is 0 Å². The number of hydrogen-bond acceptors (Lipinski definition) is 5. The molecular weight excluding hydrogens is 460 g/mol. The first-order chi connectivity index (χ1) is 16.5. The number of aromatic carboxylic acids is 1. The van der Waals surface area contributed by atoms with Gasteiger partial charge in [0.05, 0.1) is 14.2 Å². The predicted octanol–water partition coefficient (Wildman–Crippen LogP) is 6.77. The van der Waals surface area contributed by atoms with Gasteiger partial charge in [-0.25, -0.2) is 4.79 Å². The highest BCUT2D eigenvalue weighted by molar-refractivity contribution is 6.76. The number of allylic oxidation sites excluding steroid dienone is 2. The summed E-state index contributed by atoms with van der Waals surface area (Å²) in [5.74, 6) is 0.687. The molecule has 0 unspecified atom stereocenters. The molecule has 0 fully saturated rings. The number of carboxylic acids is 1. The van der Waals surface area contributed by atoms with Crippen LogP contribution < -0.4 is 14.2 Å². The molecule has 0 atom stereocenters. The number of carbonyl (C=O) groups is 1. The number of benzene rings is 2. The van der Waals surface area contributed by atoms with Crippen molar-refractivity contribution in [1.29, 1.82) is 0 Å². The third kappa shape index (κ3) is 9.26. The Hall–Kier alpha value is -3.03. The second kappa shape index (κ2) is 13.2. The Bertz CT molecular complexity index is 1060. The highest BCUT2D eigenvalue weighted by Crippen LogP contribution is 2.32. The summed E-state index contributed by atoms with van der Waals surface area (Å²) in [6.07, 6.45) is 6.76. The van der Waals surface area contributed by atoms with Crippen molar-refractivity contribution in [2.45, 2.75) is 46.0 Å². The van der Waals surface area contributed by atoms with Gasteiger partial charge < -0.3 is 24.1 Å². The molecule has 0 aliphatic rings. The van der Waals surface area contributed by atoms with E-state index < -0.39 is 14.0 Å². The highest BCUT2D eigenvalue weighted by Gasteiger charge is 2.14. The van der Waals surface area contributed by atoms with Crippen LogP contribution in [-0.2, 0) is 11.2 Å². The molecule has 2 aromatic carbocycles. The Labute approximate surface area is 210 Å². The van der Waals surface area contributed by atoms with Gasteiger partial charge in [0, 0.05) is 26.3 Å². The molecule has 2 aromatic rings. The summed E-state index contributed by atoms with van der Waals surface area (Å²) in [7, 11) is 1.96. The van der Waals surface area contributed by atoms with Gasteiger partial charge in [-0.15, -0.1) is 0 Å². The van der Waals surface area contributed by atoms with Gasteiger partial charge in [-0.1, -0.05) is 49.5 Å². The summed E-state index contributed by atoms with van der Waals surface area (Å²) in [5, 5.41) is 9.33. The van der Waals surface area contributed by atoms with E-state index in [1.807, 2.05) is 24.3 Å². The van der Waals surface area contributed by atoms with Crippen molar-refractivity contribution in [2.24, 2.45) is 0 Å². The Morgan fingerprint density at radius 1 is 1.00 bits per heavy atom. The van der Waals surface area contributed by atoms with E-state index in [0.29, 0.717) is 24.5 Å². The van der Waals surface area contributed by atoms with Crippen molar-refractivity contribution in [1.82, 2.24) is 0 Å². The van der Waals surface area contributed by atoms with Gasteiger partial charge in [-0.2, -0.15) is 0 Å². The lowest BCUT2D eigenvalue weighted by Crippen LogP contribution is -2.22. The molecule has 2 rings (SSSR count). The molecular formula is C28H38O6Si. The van der Waals surface area contributed by atoms with E-state index in [0.717, 1.165) is 28.5 Å². The third-order valence-electron chi connectivity index (χ3n) is 5.37. The van der Waals surface area contributed by atoms with Crippen molar-refractivity contribution >= 4 is 26.2 Å². The molecule has 6 nitrogen and oxygen atoms in total. The Balaban J connectivity index is 2.34. The van der Waals surface area contributed by atoms with Crippen LogP contribution >= 0.6 is 0 Å². The fourth-order valence-electron chi connectivity index (χ4n) is 3.30. The first kappa shape index (κ1) is 28.2. The van der Waals surface area contributed by atoms with Crippen LogP contribution in [0.4, 0.5) is 0 Å². The number of methoxy groups -OCH3 is 2. The van der Waals surface area contributed by atoms with Crippen LogP contribution in [0.1, 0.15) is 40.9 Å². The van der Waals surface area contributed by atoms with E-state index in [4.69, 9.17) is 18.9 Å². The van der Waals surface area contributed by atoms with Crippen LogP contribution in [0.15, 0.2) is 42.0 Å². The number of carboxylic acid groups (broad SMARTS) is 1. The fraction of sp³-hybridized carbons (Fsp3) is 0.393. The second-order valence-electron chi connectivity index (χ2n) is 9.76. The van der Waals surface area contributed by atoms with Gasteiger partial charge in [0.2, 0.25) is 0 Å². The third-order valence-corrected chi connectivity index (χ3v) is 7.07. The predicted molar refractivity (Wildman–Crippen MR) is 145 cm³/mol. The minimum Gasteiger partial charge on any atom is -0.496 e. The zero-order valence-corrected chi connectivity index (χ0v) is 22.9. The maximum atomic E-state index is 11.4. The van der Waals surface area contributed by atoms with Crippen LogP contribution in [0.3, 0.4) is 0 Å². The molecule has 0 aromatic heterocycles. The van der Waals surface area contributed by atoms with Crippen molar-refractivity contribution in [2.75, 3.05) is 27.6 Å². The maximum absolute atomic E-state index is 11.4. The molecule has 0 aliphatic carbocycles. The molecule has 0 saturated heterocycles.